The van der Waals surface area contributed by atoms with E-state index < -0.39 is 0 Å². The summed E-state index contributed by atoms with van der Waals surface area (Å²) < 4.78 is 6.00. The maximum atomic E-state index is 6.00. The minimum Gasteiger partial charge on any atom is -0.489 e. The Morgan fingerprint density at radius 2 is 1.90 bits per heavy atom. The van der Waals surface area contributed by atoms with Crippen molar-refractivity contribution in [1.82, 2.24) is 5.32 Å². The number of para-hydroxylation sites is 1. The van der Waals surface area contributed by atoms with Gasteiger partial charge in [-0.2, -0.15) is 0 Å². The third-order valence-electron chi connectivity index (χ3n) is 3.70. The van der Waals surface area contributed by atoms with Gasteiger partial charge in [0.25, 0.3) is 0 Å². The van der Waals surface area contributed by atoms with Crippen LogP contribution in [0.5, 0.6) is 5.75 Å². The maximum absolute atomic E-state index is 6.00. The molecule has 0 aliphatic heterocycles. The smallest absolute Gasteiger partial charge is 0.124 e. The molecule has 0 saturated heterocycles. The Kier molecular flexibility index (Phi) is 5.82. The van der Waals surface area contributed by atoms with Gasteiger partial charge in [0.05, 0.1) is 0 Å². The number of hydrogen-bond acceptors (Lipinski definition) is 2. The fourth-order valence-electron chi connectivity index (χ4n) is 2.18. The zero-order chi connectivity index (χ0) is 15.1. The van der Waals surface area contributed by atoms with Crippen LogP contribution in [0.15, 0.2) is 48.5 Å². The van der Waals surface area contributed by atoms with E-state index in [0.717, 1.165) is 18.7 Å². The van der Waals surface area contributed by atoms with Crippen LogP contribution >= 0.6 is 0 Å². The summed E-state index contributed by atoms with van der Waals surface area (Å²) in [5, 5.41) is 3.52. The van der Waals surface area contributed by atoms with E-state index in [2.05, 4.69) is 62.5 Å². The van der Waals surface area contributed by atoms with Crippen LogP contribution in [0.3, 0.4) is 0 Å². The molecular formula is C19H25NO. The zero-order valence-electron chi connectivity index (χ0n) is 13.2. The fraction of sp³-hybridized carbons (Fsp3) is 0.368. The Balaban J connectivity index is 1.99. The van der Waals surface area contributed by atoms with Gasteiger partial charge in [0.1, 0.15) is 12.4 Å². The van der Waals surface area contributed by atoms with Crippen LogP contribution in [0.1, 0.15) is 37.0 Å². The minimum absolute atomic E-state index is 0.523. The summed E-state index contributed by atoms with van der Waals surface area (Å²) in [6.07, 6.45) is 1.13. The van der Waals surface area contributed by atoms with E-state index in [4.69, 9.17) is 4.74 Å². The summed E-state index contributed by atoms with van der Waals surface area (Å²) in [4.78, 5) is 0. The third kappa shape index (κ3) is 4.91. The van der Waals surface area contributed by atoms with Gasteiger partial charge < -0.3 is 10.1 Å². The predicted octanol–water partition coefficient (Wildman–Crippen LogP) is 4.46. The van der Waals surface area contributed by atoms with Crippen LogP contribution in [0.4, 0.5) is 0 Å². The van der Waals surface area contributed by atoms with E-state index in [9.17, 15) is 0 Å². The molecule has 0 amide bonds. The molecule has 0 spiro atoms. The number of ether oxygens (including phenoxy) is 1. The largest absolute Gasteiger partial charge is 0.489 e. The molecule has 112 valence electrons. The monoisotopic (exact) mass is 283 g/mol. The molecule has 1 N–H and O–H groups in total. The molecule has 21 heavy (non-hydrogen) atoms. The van der Waals surface area contributed by atoms with Crippen LogP contribution in [0.25, 0.3) is 0 Å². The lowest BCUT2D eigenvalue weighted by molar-refractivity contribution is 0.301. The summed E-state index contributed by atoms with van der Waals surface area (Å²) >= 11 is 0. The molecule has 0 heterocycles. The van der Waals surface area contributed by atoms with Crippen molar-refractivity contribution in [2.24, 2.45) is 0 Å². The molecule has 1 unspecified atom stereocenters. The van der Waals surface area contributed by atoms with Crippen molar-refractivity contribution >= 4 is 0 Å². The van der Waals surface area contributed by atoms with E-state index in [1.54, 1.807) is 0 Å². The van der Waals surface area contributed by atoms with Gasteiger partial charge in [-0.3, -0.25) is 0 Å². The van der Waals surface area contributed by atoms with Crippen molar-refractivity contribution < 1.29 is 4.74 Å². The first-order chi connectivity index (χ1) is 10.2. The lowest BCUT2D eigenvalue weighted by Crippen LogP contribution is -2.24. The van der Waals surface area contributed by atoms with Crippen molar-refractivity contribution in [3.8, 4) is 5.75 Å². The second-order valence-electron chi connectivity index (χ2n) is 5.58. The first kappa shape index (κ1) is 15.6. The fourth-order valence-corrected chi connectivity index (χ4v) is 2.18. The van der Waals surface area contributed by atoms with Crippen molar-refractivity contribution in [3.63, 3.8) is 0 Å². The van der Waals surface area contributed by atoms with Gasteiger partial charge in [0.15, 0.2) is 0 Å². The molecule has 0 fully saturated rings. The summed E-state index contributed by atoms with van der Waals surface area (Å²) in [5.41, 5.74) is 3.69. The topological polar surface area (TPSA) is 21.3 Å². The Morgan fingerprint density at radius 3 is 2.67 bits per heavy atom. The van der Waals surface area contributed by atoms with Gasteiger partial charge in [0.2, 0.25) is 0 Å². The lowest BCUT2D eigenvalue weighted by Gasteiger charge is -2.15. The second kappa shape index (κ2) is 7.84. The van der Waals surface area contributed by atoms with Crippen LogP contribution in [0, 0.1) is 6.92 Å². The minimum atomic E-state index is 0.523. The van der Waals surface area contributed by atoms with Crippen LogP contribution in [-0.4, -0.2) is 6.04 Å². The molecule has 0 radical (unpaired) electrons. The van der Waals surface area contributed by atoms with E-state index in [1.165, 1.54) is 16.7 Å². The van der Waals surface area contributed by atoms with Crippen molar-refractivity contribution in [1.29, 1.82) is 0 Å². The Hall–Kier alpha value is -1.80. The molecule has 2 aromatic carbocycles. The van der Waals surface area contributed by atoms with Gasteiger partial charge in [-0.05, 0) is 31.9 Å². The third-order valence-corrected chi connectivity index (χ3v) is 3.70. The second-order valence-corrected chi connectivity index (χ2v) is 5.58. The highest BCUT2D eigenvalue weighted by atomic mass is 16.5. The van der Waals surface area contributed by atoms with Crippen molar-refractivity contribution in [3.05, 3.63) is 65.2 Å². The molecule has 2 aromatic rings. The first-order valence-corrected chi connectivity index (χ1v) is 7.68. The molecule has 0 aromatic heterocycles. The summed E-state index contributed by atoms with van der Waals surface area (Å²) in [6, 6.07) is 17.2. The van der Waals surface area contributed by atoms with E-state index in [0.29, 0.717) is 12.6 Å². The number of aryl methyl sites for hydroxylation is 1. The van der Waals surface area contributed by atoms with Crippen LogP contribution < -0.4 is 10.1 Å². The molecule has 2 rings (SSSR count). The van der Waals surface area contributed by atoms with Gasteiger partial charge in [0, 0.05) is 18.2 Å². The predicted molar refractivity (Wildman–Crippen MR) is 88.5 cm³/mol. The lowest BCUT2D eigenvalue weighted by atomic mass is 10.1. The summed E-state index contributed by atoms with van der Waals surface area (Å²) in [7, 11) is 0. The number of hydrogen-bond donors (Lipinski definition) is 1. The Morgan fingerprint density at radius 1 is 1.10 bits per heavy atom. The molecule has 2 heteroatoms. The number of rotatable bonds is 7. The molecule has 2 nitrogen and oxygen atoms in total. The average Bonchev–Trinajstić information content (AvgIpc) is 2.51. The van der Waals surface area contributed by atoms with Gasteiger partial charge in [-0.1, -0.05) is 55.0 Å². The zero-order valence-corrected chi connectivity index (χ0v) is 13.2. The SMILES string of the molecule is CCC(C)NCc1ccccc1OCc1cccc(C)c1. The van der Waals surface area contributed by atoms with E-state index >= 15 is 0 Å². The molecule has 1 atom stereocenters. The average molecular weight is 283 g/mol. The van der Waals surface area contributed by atoms with E-state index in [1.807, 2.05) is 12.1 Å². The van der Waals surface area contributed by atoms with Crippen molar-refractivity contribution in [2.45, 2.75) is 46.4 Å². The number of nitrogens with one attached hydrogen (secondary N) is 1. The molecule has 0 aliphatic carbocycles. The quantitative estimate of drug-likeness (QED) is 0.810. The van der Waals surface area contributed by atoms with Crippen molar-refractivity contribution in [2.75, 3.05) is 0 Å². The van der Waals surface area contributed by atoms with Crippen LogP contribution in [-0.2, 0) is 13.2 Å². The van der Waals surface area contributed by atoms with Gasteiger partial charge in [-0.25, -0.2) is 0 Å². The standard InChI is InChI=1S/C19H25NO/c1-4-16(3)20-13-18-10-5-6-11-19(18)21-14-17-9-7-8-15(2)12-17/h5-12,16,20H,4,13-14H2,1-3H3. The molecule has 0 aliphatic rings. The van der Waals surface area contributed by atoms with Gasteiger partial charge in [-0.15, -0.1) is 0 Å². The Labute approximate surface area is 128 Å². The normalized spacial score (nSPS) is 12.1. The van der Waals surface area contributed by atoms with Gasteiger partial charge >= 0.3 is 0 Å². The highest BCUT2D eigenvalue weighted by Crippen LogP contribution is 2.19. The molecule has 0 saturated carbocycles. The van der Waals surface area contributed by atoms with E-state index in [-0.39, 0.29) is 0 Å². The molecular weight excluding hydrogens is 258 g/mol. The highest BCUT2D eigenvalue weighted by Gasteiger charge is 2.05. The molecule has 0 bridgehead atoms. The summed E-state index contributed by atoms with van der Waals surface area (Å²) in [6.45, 7) is 7.96. The Bertz CT molecular complexity index is 565. The first-order valence-electron chi connectivity index (χ1n) is 7.68. The number of benzene rings is 2. The highest BCUT2D eigenvalue weighted by molar-refractivity contribution is 5.33. The van der Waals surface area contributed by atoms with Crippen LogP contribution in [0.2, 0.25) is 0 Å². The summed E-state index contributed by atoms with van der Waals surface area (Å²) in [5.74, 6) is 0.967. The maximum Gasteiger partial charge on any atom is 0.124 e.